The smallest absolute Gasteiger partial charge is 0.185 e. The number of ether oxygens (including phenoxy) is 2. The molecule has 6 nitrogen and oxygen atoms in total. The number of nitrogens with zero attached hydrogens (tertiary/aromatic N) is 1. The van der Waals surface area contributed by atoms with Crippen LogP contribution in [0.2, 0.25) is 0 Å². The van der Waals surface area contributed by atoms with Crippen molar-refractivity contribution in [2.24, 2.45) is 5.92 Å². The molecule has 0 radical (unpaired) electrons. The molecule has 35 heavy (non-hydrogen) atoms. The third kappa shape index (κ3) is 5.92. The number of anilines is 1. The van der Waals surface area contributed by atoms with Crippen molar-refractivity contribution in [1.82, 2.24) is 4.90 Å². The van der Waals surface area contributed by atoms with Crippen molar-refractivity contribution in [2.75, 3.05) is 19.3 Å². The SMILES string of the molecule is C[C@H]1[C@@H](CN(C)[C@@H](C)[C@H](O)c2ccccc2)O[C@@H](c2cccc(N)c2)O[C@H]1c1ccc(CO)cc1. The largest absolute Gasteiger partial charge is 0.399 e. The summed E-state index contributed by atoms with van der Waals surface area (Å²) in [4.78, 5) is 2.15. The van der Waals surface area contributed by atoms with Crippen molar-refractivity contribution in [3.05, 3.63) is 101 Å². The van der Waals surface area contributed by atoms with E-state index in [1.54, 1.807) is 0 Å². The van der Waals surface area contributed by atoms with Crippen molar-refractivity contribution >= 4 is 5.69 Å². The fraction of sp³-hybridized carbons (Fsp3) is 0.379. The van der Waals surface area contributed by atoms with Gasteiger partial charge in [-0.1, -0.05) is 73.7 Å². The Morgan fingerprint density at radius 1 is 0.943 bits per heavy atom. The zero-order chi connectivity index (χ0) is 24.9. The molecule has 4 N–H and O–H groups in total. The van der Waals surface area contributed by atoms with Gasteiger partial charge >= 0.3 is 0 Å². The molecule has 1 aliphatic heterocycles. The van der Waals surface area contributed by atoms with Gasteiger partial charge in [0, 0.05) is 29.8 Å². The molecule has 6 atom stereocenters. The molecule has 0 amide bonds. The Kier molecular flexibility index (Phi) is 8.21. The molecule has 6 heteroatoms. The predicted molar refractivity (Wildman–Crippen MR) is 137 cm³/mol. The monoisotopic (exact) mass is 476 g/mol. The first kappa shape index (κ1) is 25.4. The van der Waals surface area contributed by atoms with E-state index >= 15 is 0 Å². The van der Waals surface area contributed by atoms with Crippen LogP contribution in [-0.2, 0) is 16.1 Å². The zero-order valence-electron chi connectivity index (χ0n) is 20.6. The van der Waals surface area contributed by atoms with E-state index in [2.05, 4.69) is 11.8 Å². The van der Waals surface area contributed by atoms with Gasteiger partial charge in [-0.3, -0.25) is 4.90 Å². The van der Waals surface area contributed by atoms with Crippen LogP contribution >= 0.6 is 0 Å². The first-order chi connectivity index (χ1) is 16.9. The van der Waals surface area contributed by atoms with Crippen molar-refractivity contribution in [1.29, 1.82) is 0 Å². The van der Waals surface area contributed by atoms with Gasteiger partial charge in [-0.25, -0.2) is 0 Å². The number of likely N-dealkylation sites (N-methyl/N-ethyl adjacent to an activating group) is 1. The molecule has 3 aromatic rings. The van der Waals surface area contributed by atoms with Crippen LogP contribution < -0.4 is 5.73 Å². The van der Waals surface area contributed by atoms with Gasteiger partial charge in [-0.15, -0.1) is 0 Å². The van der Waals surface area contributed by atoms with E-state index in [-0.39, 0.29) is 30.8 Å². The normalized spacial score (nSPS) is 24.3. The van der Waals surface area contributed by atoms with Crippen LogP contribution in [0.3, 0.4) is 0 Å². The fourth-order valence-electron chi connectivity index (χ4n) is 4.65. The van der Waals surface area contributed by atoms with Gasteiger partial charge in [-0.05, 0) is 42.8 Å². The molecule has 0 aromatic heterocycles. The standard InChI is InChI=1S/C29H36N2O4/c1-19-26(17-31(3)20(2)27(33)22-8-5-4-6-9-22)34-29(24-10-7-11-25(30)16-24)35-28(19)23-14-12-21(18-32)13-15-23/h4-16,19-20,26-29,32-33H,17-18,30H2,1-3H3/t19-,20-,26+,27-,28+,29+/m0/s1. The number of benzene rings is 3. The van der Waals surface area contributed by atoms with Crippen LogP contribution in [-0.4, -0.2) is 40.9 Å². The summed E-state index contributed by atoms with van der Waals surface area (Å²) in [6, 6.07) is 25.1. The maximum absolute atomic E-state index is 11.0. The minimum atomic E-state index is -0.608. The van der Waals surface area contributed by atoms with Crippen molar-refractivity contribution < 1.29 is 19.7 Å². The van der Waals surface area contributed by atoms with E-state index in [0.29, 0.717) is 12.2 Å². The van der Waals surface area contributed by atoms with Crippen molar-refractivity contribution in [3.63, 3.8) is 0 Å². The maximum atomic E-state index is 11.0. The lowest BCUT2D eigenvalue weighted by molar-refractivity contribution is -0.276. The molecule has 4 rings (SSSR count). The van der Waals surface area contributed by atoms with Crippen LogP contribution in [0, 0.1) is 5.92 Å². The number of aliphatic hydroxyl groups excluding tert-OH is 2. The van der Waals surface area contributed by atoms with E-state index in [1.807, 2.05) is 92.8 Å². The van der Waals surface area contributed by atoms with E-state index < -0.39 is 12.4 Å². The first-order valence-electron chi connectivity index (χ1n) is 12.2. The predicted octanol–water partition coefficient (Wildman–Crippen LogP) is 4.61. The Bertz CT molecular complexity index is 1080. The van der Waals surface area contributed by atoms with Crippen LogP contribution in [0.1, 0.15) is 54.6 Å². The number of hydrogen-bond acceptors (Lipinski definition) is 6. The van der Waals surface area contributed by atoms with E-state index in [9.17, 15) is 10.2 Å². The summed E-state index contributed by atoms with van der Waals surface area (Å²) in [6.45, 7) is 4.80. The number of aliphatic hydroxyl groups is 2. The molecule has 1 heterocycles. The first-order valence-corrected chi connectivity index (χ1v) is 12.2. The number of rotatable bonds is 8. The Labute approximate surface area is 207 Å². The molecule has 186 valence electrons. The summed E-state index contributed by atoms with van der Waals surface area (Å²) >= 11 is 0. The minimum absolute atomic E-state index is 0.00539. The molecule has 1 saturated heterocycles. The molecule has 0 saturated carbocycles. The lowest BCUT2D eigenvalue weighted by Gasteiger charge is -2.43. The Morgan fingerprint density at radius 3 is 2.31 bits per heavy atom. The van der Waals surface area contributed by atoms with Crippen LogP contribution in [0.25, 0.3) is 0 Å². The second-order valence-electron chi connectivity index (χ2n) is 9.53. The second-order valence-corrected chi connectivity index (χ2v) is 9.53. The summed E-state index contributed by atoms with van der Waals surface area (Å²) in [7, 11) is 2.02. The summed E-state index contributed by atoms with van der Waals surface area (Å²) < 4.78 is 13.0. The molecular formula is C29H36N2O4. The molecule has 1 aliphatic rings. The van der Waals surface area contributed by atoms with Crippen LogP contribution in [0.15, 0.2) is 78.9 Å². The Morgan fingerprint density at radius 2 is 1.66 bits per heavy atom. The Balaban J connectivity index is 1.57. The second kappa shape index (κ2) is 11.3. The van der Waals surface area contributed by atoms with Crippen LogP contribution in [0.4, 0.5) is 5.69 Å². The van der Waals surface area contributed by atoms with E-state index in [4.69, 9.17) is 15.2 Å². The summed E-state index contributed by atoms with van der Waals surface area (Å²) in [5.74, 6) is 0.0517. The van der Waals surface area contributed by atoms with Gasteiger partial charge in [-0.2, -0.15) is 0 Å². The summed E-state index contributed by atoms with van der Waals surface area (Å²) in [5, 5.41) is 20.4. The fourth-order valence-corrected chi connectivity index (χ4v) is 4.65. The molecule has 0 unspecified atom stereocenters. The van der Waals surface area contributed by atoms with Gasteiger partial charge in [0.15, 0.2) is 6.29 Å². The van der Waals surface area contributed by atoms with Gasteiger partial charge in [0.25, 0.3) is 0 Å². The van der Waals surface area contributed by atoms with Crippen LogP contribution in [0.5, 0.6) is 0 Å². The van der Waals surface area contributed by atoms with Gasteiger partial charge in [0.2, 0.25) is 0 Å². The molecule has 0 aliphatic carbocycles. The maximum Gasteiger partial charge on any atom is 0.185 e. The van der Waals surface area contributed by atoms with E-state index in [0.717, 1.165) is 22.3 Å². The van der Waals surface area contributed by atoms with E-state index in [1.165, 1.54) is 0 Å². The summed E-state index contributed by atoms with van der Waals surface area (Å²) in [6.07, 6.45) is -1.52. The van der Waals surface area contributed by atoms with Crippen molar-refractivity contribution in [2.45, 2.75) is 51.1 Å². The zero-order valence-corrected chi connectivity index (χ0v) is 20.6. The highest BCUT2D eigenvalue weighted by Gasteiger charge is 2.39. The third-order valence-electron chi connectivity index (χ3n) is 7.07. The van der Waals surface area contributed by atoms with Crippen molar-refractivity contribution in [3.8, 4) is 0 Å². The molecule has 0 spiro atoms. The number of hydrogen-bond donors (Lipinski definition) is 3. The summed E-state index contributed by atoms with van der Waals surface area (Å²) in [5.41, 5.74) is 10.4. The minimum Gasteiger partial charge on any atom is -0.399 e. The van der Waals surface area contributed by atoms with Gasteiger partial charge < -0.3 is 25.4 Å². The number of nitrogen functional groups attached to an aromatic ring is 1. The molecular weight excluding hydrogens is 440 g/mol. The molecule has 1 fully saturated rings. The quantitative estimate of drug-likeness (QED) is 0.412. The highest BCUT2D eigenvalue weighted by Crippen LogP contribution is 2.42. The third-order valence-corrected chi connectivity index (χ3v) is 7.07. The average Bonchev–Trinajstić information content (AvgIpc) is 2.89. The lowest BCUT2D eigenvalue weighted by atomic mass is 9.89. The number of nitrogens with two attached hydrogens (primary N) is 1. The lowest BCUT2D eigenvalue weighted by Crippen LogP contribution is -2.46. The average molecular weight is 477 g/mol. The highest BCUT2D eigenvalue weighted by molar-refractivity contribution is 5.41. The topological polar surface area (TPSA) is 88.2 Å². The Hall–Kier alpha value is -2.74. The van der Waals surface area contributed by atoms with Gasteiger partial charge in [0.1, 0.15) is 0 Å². The molecule has 0 bridgehead atoms. The highest BCUT2D eigenvalue weighted by atomic mass is 16.7. The van der Waals surface area contributed by atoms with Gasteiger partial charge in [0.05, 0.1) is 24.9 Å². The molecule has 3 aromatic carbocycles.